The van der Waals surface area contributed by atoms with E-state index in [1.165, 1.54) is 11.5 Å². The van der Waals surface area contributed by atoms with Gasteiger partial charge in [-0.15, -0.1) is 0 Å². The van der Waals surface area contributed by atoms with Crippen LogP contribution in [0.2, 0.25) is 5.02 Å². The van der Waals surface area contributed by atoms with Crippen molar-refractivity contribution in [3.05, 3.63) is 75.6 Å². The predicted octanol–water partition coefficient (Wildman–Crippen LogP) is 4.62. The van der Waals surface area contributed by atoms with E-state index in [4.69, 9.17) is 11.6 Å². The molecular formula is C22H18ClN7OS. The standard InChI is InChI=1S/C22H18ClN7OS/c1-12-17(11-30(2)28-12)22(31)25-15-5-3-4-14(8-15)21-26-19(32-29-21)9-13-6-7-18-16(20(13)23)10-24-27-18/h3-8,10-11H,9H2,1-2H3,(H,24,27)(H,25,31). The maximum atomic E-state index is 12.6. The van der Waals surface area contributed by atoms with Gasteiger partial charge >= 0.3 is 0 Å². The number of halogens is 1. The molecule has 0 bridgehead atoms. The van der Waals surface area contributed by atoms with Crippen molar-refractivity contribution in [3.63, 3.8) is 0 Å². The van der Waals surface area contributed by atoms with Crippen LogP contribution in [0.25, 0.3) is 22.3 Å². The number of carbonyl (C=O) groups is 1. The molecule has 5 aromatic rings. The molecule has 0 aliphatic heterocycles. The summed E-state index contributed by atoms with van der Waals surface area (Å²) in [5.41, 5.74) is 4.58. The molecule has 1 amide bonds. The van der Waals surface area contributed by atoms with Gasteiger partial charge in [0, 0.05) is 36.3 Å². The number of carbonyl (C=O) groups excluding carboxylic acids is 1. The summed E-state index contributed by atoms with van der Waals surface area (Å²) in [5.74, 6) is 0.406. The summed E-state index contributed by atoms with van der Waals surface area (Å²) >= 11 is 7.87. The fraction of sp³-hybridized carbons (Fsp3) is 0.136. The van der Waals surface area contributed by atoms with Crippen molar-refractivity contribution >= 4 is 45.6 Å². The number of hydrogen-bond donors (Lipinski definition) is 2. The molecule has 0 saturated carbocycles. The minimum Gasteiger partial charge on any atom is -0.322 e. The Kier molecular flexibility index (Phi) is 5.20. The van der Waals surface area contributed by atoms with Crippen LogP contribution in [0.3, 0.4) is 0 Å². The molecule has 0 aliphatic carbocycles. The van der Waals surface area contributed by atoms with Crippen molar-refractivity contribution in [2.24, 2.45) is 7.05 Å². The molecule has 5 rings (SSSR count). The Balaban J connectivity index is 1.35. The fourth-order valence-corrected chi connectivity index (χ4v) is 4.49. The van der Waals surface area contributed by atoms with Crippen LogP contribution in [0.4, 0.5) is 5.69 Å². The van der Waals surface area contributed by atoms with E-state index in [1.807, 2.05) is 43.3 Å². The second kappa shape index (κ2) is 8.18. The van der Waals surface area contributed by atoms with Crippen LogP contribution in [-0.2, 0) is 13.5 Å². The maximum Gasteiger partial charge on any atom is 0.259 e. The van der Waals surface area contributed by atoms with Gasteiger partial charge in [0.05, 0.1) is 28.0 Å². The predicted molar refractivity (Wildman–Crippen MR) is 125 cm³/mol. The van der Waals surface area contributed by atoms with Gasteiger partial charge in [-0.1, -0.05) is 29.8 Å². The lowest BCUT2D eigenvalue weighted by molar-refractivity contribution is 0.102. The largest absolute Gasteiger partial charge is 0.322 e. The van der Waals surface area contributed by atoms with Gasteiger partial charge in [0.2, 0.25) is 0 Å². The first-order valence-corrected chi connectivity index (χ1v) is 11.0. The van der Waals surface area contributed by atoms with Crippen molar-refractivity contribution in [2.45, 2.75) is 13.3 Å². The van der Waals surface area contributed by atoms with Crippen LogP contribution >= 0.6 is 23.1 Å². The molecule has 160 valence electrons. The number of H-pyrrole nitrogens is 1. The molecule has 10 heteroatoms. The fourth-order valence-electron chi connectivity index (χ4n) is 3.53. The lowest BCUT2D eigenvalue weighted by Crippen LogP contribution is -2.12. The SMILES string of the molecule is Cc1nn(C)cc1C(=O)Nc1cccc(-c2nsc(Cc3ccc4[nH]ncc4c3Cl)n2)c1. The smallest absolute Gasteiger partial charge is 0.259 e. The van der Waals surface area contributed by atoms with Crippen LogP contribution in [0, 0.1) is 6.92 Å². The number of nitrogens with zero attached hydrogens (tertiary/aromatic N) is 5. The van der Waals surface area contributed by atoms with Gasteiger partial charge in [-0.25, -0.2) is 4.98 Å². The first-order chi connectivity index (χ1) is 15.5. The summed E-state index contributed by atoms with van der Waals surface area (Å²) < 4.78 is 6.13. The Morgan fingerprint density at radius 1 is 1.28 bits per heavy atom. The van der Waals surface area contributed by atoms with Crippen LogP contribution in [0.15, 0.2) is 48.8 Å². The van der Waals surface area contributed by atoms with E-state index in [2.05, 4.69) is 30.0 Å². The summed E-state index contributed by atoms with van der Waals surface area (Å²) in [6.45, 7) is 1.81. The lowest BCUT2D eigenvalue weighted by Gasteiger charge is -2.05. The van der Waals surface area contributed by atoms with Crippen molar-refractivity contribution in [1.82, 2.24) is 29.3 Å². The number of anilines is 1. The topological polar surface area (TPSA) is 101 Å². The van der Waals surface area contributed by atoms with Crippen LogP contribution in [0.5, 0.6) is 0 Å². The number of hydrogen-bond acceptors (Lipinski definition) is 6. The molecule has 32 heavy (non-hydrogen) atoms. The first-order valence-electron chi connectivity index (χ1n) is 9.83. The van der Waals surface area contributed by atoms with Crippen molar-refractivity contribution in [3.8, 4) is 11.4 Å². The molecule has 0 aliphatic rings. The molecule has 3 aromatic heterocycles. The van der Waals surface area contributed by atoms with E-state index in [0.29, 0.717) is 34.2 Å². The van der Waals surface area contributed by atoms with Crippen molar-refractivity contribution in [1.29, 1.82) is 0 Å². The van der Waals surface area contributed by atoms with E-state index >= 15 is 0 Å². The van der Waals surface area contributed by atoms with E-state index in [-0.39, 0.29) is 5.91 Å². The maximum absolute atomic E-state index is 12.6. The van der Waals surface area contributed by atoms with Crippen molar-refractivity contribution in [2.75, 3.05) is 5.32 Å². The molecular weight excluding hydrogens is 446 g/mol. The zero-order valence-electron chi connectivity index (χ0n) is 17.3. The Labute approximate surface area is 192 Å². The molecule has 0 fully saturated rings. The molecule has 0 radical (unpaired) electrons. The molecule has 3 heterocycles. The molecule has 8 nitrogen and oxygen atoms in total. The molecule has 0 saturated heterocycles. The van der Waals surface area contributed by atoms with Gasteiger partial charge in [0.15, 0.2) is 5.82 Å². The number of rotatable bonds is 5. The molecule has 0 unspecified atom stereocenters. The Morgan fingerprint density at radius 3 is 2.97 bits per heavy atom. The number of aromatic amines is 1. The molecule has 0 atom stereocenters. The highest BCUT2D eigenvalue weighted by atomic mass is 35.5. The number of nitrogens with one attached hydrogen (secondary N) is 2. The van der Waals surface area contributed by atoms with E-state index in [9.17, 15) is 4.79 Å². The zero-order valence-corrected chi connectivity index (χ0v) is 18.8. The highest BCUT2D eigenvalue weighted by Crippen LogP contribution is 2.29. The van der Waals surface area contributed by atoms with E-state index < -0.39 is 0 Å². The number of benzene rings is 2. The molecule has 2 N–H and O–H groups in total. The van der Waals surface area contributed by atoms with E-state index in [1.54, 1.807) is 24.1 Å². The summed E-state index contributed by atoms with van der Waals surface area (Å²) in [7, 11) is 1.79. The summed E-state index contributed by atoms with van der Waals surface area (Å²) in [6.07, 6.45) is 4.00. The highest BCUT2D eigenvalue weighted by molar-refractivity contribution is 7.05. The van der Waals surface area contributed by atoms with Crippen LogP contribution < -0.4 is 5.32 Å². The average molecular weight is 464 g/mol. The third-order valence-electron chi connectivity index (χ3n) is 5.08. The van der Waals surface area contributed by atoms with Crippen LogP contribution in [0.1, 0.15) is 26.6 Å². The quantitative estimate of drug-likeness (QED) is 0.396. The van der Waals surface area contributed by atoms with Gasteiger partial charge in [-0.05, 0) is 42.2 Å². The van der Waals surface area contributed by atoms with Gasteiger partial charge in [0.1, 0.15) is 5.01 Å². The zero-order chi connectivity index (χ0) is 22.2. The van der Waals surface area contributed by atoms with E-state index in [0.717, 1.165) is 27.0 Å². The number of aromatic nitrogens is 6. The highest BCUT2D eigenvalue weighted by Gasteiger charge is 2.15. The monoisotopic (exact) mass is 463 g/mol. The number of aryl methyl sites for hydroxylation is 2. The normalized spacial score (nSPS) is 11.2. The summed E-state index contributed by atoms with van der Waals surface area (Å²) in [5, 5.41) is 16.5. The lowest BCUT2D eigenvalue weighted by atomic mass is 10.1. The van der Waals surface area contributed by atoms with Gasteiger partial charge in [-0.3, -0.25) is 14.6 Å². The Hall–Kier alpha value is -3.56. The number of fused-ring (bicyclic) bond motifs is 1. The van der Waals surface area contributed by atoms with Crippen LogP contribution in [-0.4, -0.2) is 35.2 Å². The van der Waals surface area contributed by atoms with Crippen molar-refractivity contribution < 1.29 is 4.79 Å². The van der Waals surface area contributed by atoms with Gasteiger partial charge in [-0.2, -0.15) is 14.6 Å². The third kappa shape index (κ3) is 3.88. The second-order valence-corrected chi connectivity index (χ2v) is 8.61. The third-order valence-corrected chi connectivity index (χ3v) is 6.24. The molecule has 2 aromatic carbocycles. The second-order valence-electron chi connectivity index (χ2n) is 7.40. The first kappa shape index (κ1) is 20.3. The molecule has 0 spiro atoms. The minimum atomic E-state index is -0.205. The summed E-state index contributed by atoms with van der Waals surface area (Å²) in [6, 6.07) is 11.4. The van der Waals surface area contributed by atoms with Gasteiger partial charge in [0.25, 0.3) is 5.91 Å². The summed E-state index contributed by atoms with van der Waals surface area (Å²) in [4.78, 5) is 17.3. The Bertz CT molecular complexity index is 1450. The average Bonchev–Trinajstić information content (AvgIpc) is 3.50. The minimum absolute atomic E-state index is 0.205. The van der Waals surface area contributed by atoms with Gasteiger partial charge < -0.3 is 5.32 Å². The number of amides is 1. The Morgan fingerprint density at radius 2 is 2.16 bits per heavy atom.